The zero-order valence-electron chi connectivity index (χ0n) is 16.5. The van der Waals surface area contributed by atoms with E-state index in [0.29, 0.717) is 24.2 Å². The number of hydrogen-bond donors (Lipinski definition) is 1. The number of pyridine rings is 1. The molecule has 2 aromatic heterocycles. The van der Waals surface area contributed by atoms with Crippen molar-refractivity contribution in [1.29, 1.82) is 0 Å². The third kappa shape index (κ3) is 4.12. The number of amides is 1. The van der Waals surface area contributed by atoms with Crippen LogP contribution in [0.2, 0.25) is 0 Å². The molecular weight excluding hydrogens is 408 g/mol. The van der Waals surface area contributed by atoms with Gasteiger partial charge in [0.15, 0.2) is 5.52 Å². The number of fused-ring (bicyclic) bond motifs is 1. The summed E-state index contributed by atoms with van der Waals surface area (Å²) < 4.78 is 32.7. The molecule has 158 valence electrons. The van der Waals surface area contributed by atoms with Crippen molar-refractivity contribution >= 4 is 32.7 Å². The fourth-order valence-electron chi connectivity index (χ4n) is 3.56. The van der Waals surface area contributed by atoms with E-state index in [2.05, 4.69) is 29.5 Å². The van der Waals surface area contributed by atoms with E-state index in [9.17, 15) is 13.2 Å². The van der Waals surface area contributed by atoms with Gasteiger partial charge in [-0.15, -0.1) is 0 Å². The van der Waals surface area contributed by atoms with Crippen LogP contribution in [0.25, 0.3) is 11.0 Å². The molecule has 0 radical (unpaired) electrons. The van der Waals surface area contributed by atoms with Gasteiger partial charge in [0.25, 0.3) is 0 Å². The van der Waals surface area contributed by atoms with E-state index in [1.54, 1.807) is 36.4 Å². The molecule has 1 N–H and O–H groups in total. The lowest BCUT2D eigenvalue weighted by Gasteiger charge is -2.36. The minimum absolute atomic E-state index is 0.00679. The van der Waals surface area contributed by atoms with Gasteiger partial charge in [-0.05, 0) is 41.0 Å². The van der Waals surface area contributed by atoms with E-state index in [-0.39, 0.29) is 29.3 Å². The van der Waals surface area contributed by atoms with Crippen molar-refractivity contribution in [2.75, 3.05) is 37.6 Å². The van der Waals surface area contributed by atoms with E-state index in [0.717, 1.165) is 18.8 Å². The van der Waals surface area contributed by atoms with E-state index < -0.39 is 10.0 Å². The molecule has 0 unspecified atom stereocenters. The SMILES string of the molecule is Cc1ccc2nonc2c1S(=O)(=O)NCCC(=O)N1CCN(c2ccncc2)CC1. The average molecular weight is 430 g/mol. The number of aromatic nitrogens is 3. The first-order valence-corrected chi connectivity index (χ1v) is 11.1. The number of nitrogens with one attached hydrogen (secondary N) is 1. The summed E-state index contributed by atoms with van der Waals surface area (Å²) >= 11 is 0. The van der Waals surface area contributed by atoms with Crippen molar-refractivity contribution in [3.63, 3.8) is 0 Å². The number of carbonyl (C=O) groups excluding carboxylic acids is 1. The number of nitrogens with zero attached hydrogens (tertiary/aromatic N) is 5. The normalized spacial score (nSPS) is 15.0. The molecule has 3 aromatic rings. The van der Waals surface area contributed by atoms with Crippen LogP contribution in [-0.4, -0.2) is 67.2 Å². The van der Waals surface area contributed by atoms with Crippen LogP contribution in [0, 0.1) is 6.92 Å². The molecule has 0 atom stereocenters. The first kappa shape index (κ1) is 20.2. The zero-order chi connectivity index (χ0) is 21.1. The minimum atomic E-state index is -3.86. The molecule has 1 aliphatic heterocycles. The predicted octanol–water partition coefficient (Wildman–Crippen LogP) is 0.943. The molecule has 1 aromatic carbocycles. The topological polar surface area (TPSA) is 122 Å². The molecule has 11 heteroatoms. The maximum atomic E-state index is 12.8. The summed E-state index contributed by atoms with van der Waals surface area (Å²) in [7, 11) is -3.86. The molecule has 1 aliphatic rings. The second-order valence-electron chi connectivity index (χ2n) is 7.06. The van der Waals surface area contributed by atoms with Gasteiger partial charge in [0.05, 0.1) is 0 Å². The van der Waals surface area contributed by atoms with Gasteiger partial charge in [0.1, 0.15) is 10.4 Å². The molecule has 0 spiro atoms. The first-order valence-electron chi connectivity index (χ1n) is 9.60. The van der Waals surface area contributed by atoms with Crippen LogP contribution < -0.4 is 9.62 Å². The van der Waals surface area contributed by atoms with Gasteiger partial charge in [-0.25, -0.2) is 17.8 Å². The maximum Gasteiger partial charge on any atom is 0.243 e. The highest BCUT2D eigenvalue weighted by atomic mass is 32.2. The Morgan fingerprint density at radius 2 is 1.83 bits per heavy atom. The van der Waals surface area contributed by atoms with Crippen molar-refractivity contribution in [2.24, 2.45) is 0 Å². The second-order valence-corrected chi connectivity index (χ2v) is 8.77. The summed E-state index contributed by atoms with van der Waals surface area (Å²) in [6.07, 6.45) is 3.58. The Labute approximate surface area is 173 Å². The Bertz CT molecular complexity index is 1140. The Balaban J connectivity index is 1.32. The maximum absolute atomic E-state index is 12.8. The van der Waals surface area contributed by atoms with Crippen molar-refractivity contribution in [3.05, 3.63) is 42.2 Å². The van der Waals surface area contributed by atoms with Gasteiger partial charge in [0, 0.05) is 57.2 Å². The van der Waals surface area contributed by atoms with Crippen molar-refractivity contribution in [1.82, 2.24) is 24.9 Å². The summed E-state index contributed by atoms with van der Waals surface area (Å²) in [5, 5.41) is 7.39. The van der Waals surface area contributed by atoms with Crippen molar-refractivity contribution < 1.29 is 17.8 Å². The Hall–Kier alpha value is -3.05. The van der Waals surface area contributed by atoms with Gasteiger partial charge >= 0.3 is 0 Å². The van der Waals surface area contributed by atoms with E-state index in [1.807, 2.05) is 12.1 Å². The van der Waals surface area contributed by atoms with Gasteiger partial charge < -0.3 is 9.80 Å². The lowest BCUT2D eigenvalue weighted by atomic mass is 10.2. The Morgan fingerprint density at radius 1 is 1.10 bits per heavy atom. The molecule has 4 rings (SSSR count). The van der Waals surface area contributed by atoms with Gasteiger partial charge in [0.2, 0.25) is 15.9 Å². The van der Waals surface area contributed by atoms with Crippen LogP contribution in [0.4, 0.5) is 5.69 Å². The smallest absolute Gasteiger partial charge is 0.243 e. The van der Waals surface area contributed by atoms with Crippen LogP contribution >= 0.6 is 0 Å². The highest BCUT2D eigenvalue weighted by molar-refractivity contribution is 7.89. The Morgan fingerprint density at radius 3 is 2.57 bits per heavy atom. The molecule has 0 aliphatic carbocycles. The molecule has 30 heavy (non-hydrogen) atoms. The molecule has 10 nitrogen and oxygen atoms in total. The number of carbonyl (C=O) groups is 1. The van der Waals surface area contributed by atoms with E-state index in [4.69, 9.17) is 0 Å². The first-order chi connectivity index (χ1) is 14.5. The summed E-state index contributed by atoms with van der Waals surface area (Å²) in [6, 6.07) is 7.18. The number of rotatable bonds is 6. The van der Waals surface area contributed by atoms with E-state index in [1.165, 1.54) is 0 Å². The number of anilines is 1. The molecule has 3 heterocycles. The molecule has 1 amide bonds. The quantitative estimate of drug-likeness (QED) is 0.613. The number of hydrogen-bond acceptors (Lipinski definition) is 8. The van der Waals surface area contributed by atoms with Crippen LogP contribution in [-0.2, 0) is 14.8 Å². The summed E-state index contributed by atoms with van der Waals surface area (Å²) in [4.78, 5) is 20.5. The summed E-state index contributed by atoms with van der Waals surface area (Å²) in [5.41, 5.74) is 2.16. The summed E-state index contributed by atoms with van der Waals surface area (Å²) in [5.74, 6) is -0.0786. The summed E-state index contributed by atoms with van der Waals surface area (Å²) in [6.45, 7) is 4.32. The third-order valence-corrected chi connectivity index (χ3v) is 6.78. The van der Waals surface area contributed by atoms with Gasteiger partial charge in [-0.3, -0.25) is 9.78 Å². The van der Waals surface area contributed by atoms with Crippen LogP contribution in [0.3, 0.4) is 0 Å². The second kappa shape index (κ2) is 8.36. The standard InChI is InChI=1S/C19H22N6O4S/c1-14-2-3-16-18(23-29-22-16)19(14)30(27,28)21-9-6-17(26)25-12-10-24(11-13-25)15-4-7-20-8-5-15/h2-5,7-8,21H,6,9-13H2,1H3. The van der Waals surface area contributed by atoms with Crippen LogP contribution in [0.15, 0.2) is 46.2 Å². The highest BCUT2D eigenvalue weighted by Crippen LogP contribution is 2.23. The van der Waals surface area contributed by atoms with Crippen molar-refractivity contribution in [2.45, 2.75) is 18.2 Å². The number of benzene rings is 1. The molecule has 0 bridgehead atoms. The number of piperazine rings is 1. The molecule has 1 fully saturated rings. The van der Waals surface area contributed by atoms with E-state index >= 15 is 0 Å². The largest absolute Gasteiger partial charge is 0.368 e. The van der Waals surface area contributed by atoms with Gasteiger partial charge in [-0.1, -0.05) is 6.07 Å². The third-order valence-electron chi connectivity index (χ3n) is 5.14. The Kier molecular flexibility index (Phi) is 5.64. The number of aryl methyl sites for hydroxylation is 1. The lowest BCUT2D eigenvalue weighted by molar-refractivity contribution is -0.131. The molecular formula is C19H22N6O4S. The van der Waals surface area contributed by atoms with Crippen LogP contribution in [0.1, 0.15) is 12.0 Å². The van der Waals surface area contributed by atoms with Gasteiger partial charge in [-0.2, -0.15) is 0 Å². The predicted molar refractivity (Wildman–Crippen MR) is 109 cm³/mol. The average Bonchev–Trinajstić information content (AvgIpc) is 3.22. The van der Waals surface area contributed by atoms with Crippen LogP contribution in [0.5, 0.6) is 0 Å². The minimum Gasteiger partial charge on any atom is -0.368 e. The highest BCUT2D eigenvalue weighted by Gasteiger charge is 2.25. The lowest BCUT2D eigenvalue weighted by Crippen LogP contribution is -2.49. The zero-order valence-corrected chi connectivity index (χ0v) is 17.3. The molecule has 1 saturated heterocycles. The fraction of sp³-hybridized carbons (Fsp3) is 0.368. The van der Waals surface area contributed by atoms with Crippen molar-refractivity contribution in [3.8, 4) is 0 Å². The molecule has 0 saturated carbocycles. The fourth-order valence-corrected chi connectivity index (χ4v) is 4.96. The monoisotopic (exact) mass is 430 g/mol. The number of sulfonamides is 1.